The molecule has 1 aromatic rings. The molecule has 18 heavy (non-hydrogen) atoms. The van der Waals surface area contributed by atoms with Crippen LogP contribution in [0, 0.1) is 0 Å². The Kier molecular flexibility index (Phi) is 4.47. The number of aromatic nitrogens is 1. The molecule has 0 bridgehead atoms. The molecule has 0 amide bonds. The van der Waals surface area contributed by atoms with Crippen LogP contribution in [-0.2, 0) is 0 Å². The normalized spacial score (nSPS) is 23.6. The van der Waals surface area contributed by atoms with Crippen molar-refractivity contribution >= 4 is 23.5 Å². The van der Waals surface area contributed by atoms with Gasteiger partial charge < -0.3 is 10.4 Å². The molecule has 1 aliphatic rings. The predicted molar refractivity (Wildman–Crippen MR) is 74.4 cm³/mol. The summed E-state index contributed by atoms with van der Waals surface area (Å²) in [5, 5.41) is 13.0. The van der Waals surface area contributed by atoms with E-state index in [0.29, 0.717) is 17.1 Å². The third-order valence-corrected chi connectivity index (χ3v) is 4.37. The largest absolute Gasteiger partial charge is 0.477 e. The second kappa shape index (κ2) is 6.09. The predicted octanol–water partition coefficient (Wildman–Crippen LogP) is 2.87. The van der Waals surface area contributed by atoms with Gasteiger partial charge in [0, 0.05) is 11.3 Å². The maximum Gasteiger partial charge on any atom is 0.354 e. The van der Waals surface area contributed by atoms with Crippen LogP contribution in [-0.4, -0.2) is 33.6 Å². The van der Waals surface area contributed by atoms with E-state index in [1.54, 1.807) is 6.07 Å². The number of thioether (sulfide) groups is 1. The number of hydrogen-bond acceptors (Lipinski definition) is 4. The topological polar surface area (TPSA) is 62.2 Å². The van der Waals surface area contributed by atoms with Crippen LogP contribution in [0.15, 0.2) is 18.2 Å². The van der Waals surface area contributed by atoms with Gasteiger partial charge >= 0.3 is 5.97 Å². The fourth-order valence-electron chi connectivity index (χ4n) is 2.33. The van der Waals surface area contributed by atoms with Crippen molar-refractivity contribution in [2.24, 2.45) is 0 Å². The highest BCUT2D eigenvalue weighted by Crippen LogP contribution is 2.28. The van der Waals surface area contributed by atoms with Gasteiger partial charge in [-0.15, -0.1) is 0 Å². The molecule has 0 spiro atoms. The van der Waals surface area contributed by atoms with Crippen molar-refractivity contribution in [3.63, 3.8) is 0 Å². The first-order chi connectivity index (χ1) is 8.69. The molecule has 1 aliphatic carbocycles. The fourth-order valence-corrected chi connectivity index (χ4v) is 3.16. The van der Waals surface area contributed by atoms with Crippen molar-refractivity contribution in [1.29, 1.82) is 0 Å². The van der Waals surface area contributed by atoms with Crippen LogP contribution < -0.4 is 5.32 Å². The summed E-state index contributed by atoms with van der Waals surface area (Å²) < 4.78 is 0. The number of nitrogens with one attached hydrogen (secondary N) is 1. The zero-order chi connectivity index (χ0) is 13.0. The SMILES string of the molecule is CSC1CCCC(Nc2cccc(C(=O)O)n2)C1. The summed E-state index contributed by atoms with van der Waals surface area (Å²) in [6.07, 6.45) is 6.91. The molecule has 2 rings (SSSR count). The first-order valence-electron chi connectivity index (χ1n) is 6.18. The van der Waals surface area contributed by atoms with Gasteiger partial charge in [0.15, 0.2) is 5.69 Å². The number of hydrogen-bond donors (Lipinski definition) is 2. The maximum absolute atomic E-state index is 10.9. The Morgan fingerprint density at radius 3 is 3.06 bits per heavy atom. The summed E-state index contributed by atoms with van der Waals surface area (Å²) in [6, 6.07) is 5.48. The van der Waals surface area contributed by atoms with Crippen molar-refractivity contribution in [3.05, 3.63) is 23.9 Å². The smallest absolute Gasteiger partial charge is 0.354 e. The number of carboxylic acids is 1. The Morgan fingerprint density at radius 2 is 2.33 bits per heavy atom. The quantitative estimate of drug-likeness (QED) is 0.877. The number of carbonyl (C=O) groups is 1. The lowest BCUT2D eigenvalue weighted by Gasteiger charge is -2.29. The number of anilines is 1. The highest BCUT2D eigenvalue weighted by Gasteiger charge is 2.21. The lowest BCUT2D eigenvalue weighted by atomic mass is 9.95. The minimum absolute atomic E-state index is 0.0947. The molecule has 2 atom stereocenters. The van der Waals surface area contributed by atoms with E-state index in [9.17, 15) is 4.79 Å². The molecule has 0 aliphatic heterocycles. The first-order valence-corrected chi connectivity index (χ1v) is 7.47. The van der Waals surface area contributed by atoms with E-state index in [1.165, 1.54) is 18.9 Å². The molecule has 1 heterocycles. The third-order valence-electron chi connectivity index (χ3n) is 3.28. The van der Waals surface area contributed by atoms with Crippen LogP contribution in [0.3, 0.4) is 0 Å². The van der Waals surface area contributed by atoms with Gasteiger partial charge in [0.2, 0.25) is 0 Å². The Labute approximate surface area is 111 Å². The van der Waals surface area contributed by atoms with E-state index in [4.69, 9.17) is 5.11 Å². The fraction of sp³-hybridized carbons (Fsp3) is 0.538. The molecule has 0 saturated heterocycles. The summed E-state index contributed by atoms with van der Waals surface area (Å²) in [5.41, 5.74) is 0.0947. The van der Waals surface area contributed by atoms with Gasteiger partial charge in [-0.2, -0.15) is 11.8 Å². The summed E-state index contributed by atoms with van der Waals surface area (Å²) in [5.74, 6) is -0.314. The Hall–Kier alpha value is -1.23. The summed E-state index contributed by atoms with van der Waals surface area (Å²) in [4.78, 5) is 14.9. The van der Waals surface area contributed by atoms with E-state index in [2.05, 4.69) is 16.6 Å². The molecule has 2 N–H and O–H groups in total. The average molecular weight is 266 g/mol. The van der Waals surface area contributed by atoms with Crippen molar-refractivity contribution in [2.75, 3.05) is 11.6 Å². The lowest BCUT2D eigenvalue weighted by molar-refractivity contribution is 0.0690. The van der Waals surface area contributed by atoms with Gasteiger partial charge in [-0.3, -0.25) is 0 Å². The van der Waals surface area contributed by atoms with Crippen LogP contribution in [0.4, 0.5) is 5.82 Å². The summed E-state index contributed by atoms with van der Waals surface area (Å²) >= 11 is 1.91. The van der Waals surface area contributed by atoms with Crippen LogP contribution >= 0.6 is 11.8 Å². The third kappa shape index (κ3) is 3.38. The Balaban J connectivity index is 2.00. The lowest BCUT2D eigenvalue weighted by Crippen LogP contribution is -2.29. The van der Waals surface area contributed by atoms with Crippen LogP contribution in [0.25, 0.3) is 0 Å². The molecule has 1 aromatic heterocycles. The van der Waals surface area contributed by atoms with Gasteiger partial charge in [0.1, 0.15) is 5.82 Å². The minimum Gasteiger partial charge on any atom is -0.477 e. The van der Waals surface area contributed by atoms with Gasteiger partial charge in [-0.1, -0.05) is 12.5 Å². The molecule has 0 radical (unpaired) electrons. The maximum atomic E-state index is 10.9. The van der Waals surface area contributed by atoms with E-state index in [1.807, 2.05) is 17.8 Å². The van der Waals surface area contributed by atoms with E-state index < -0.39 is 5.97 Å². The number of nitrogens with zero attached hydrogens (tertiary/aromatic N) is 1. The highest BCUT2D eigenvalue weighted by molar-refractivity contribution is 7.99. The number of rotatable bonds is 4. The molecule has 5 heteroatoms. The van der Waals surface area contributed by atoms with Crippen molar-refractivity contribution in [3.8, 4) is 0 Å². The second-order valence-electron chi connectivity index (χ2n) is 4.58. The molecule has 4 nitrogen and oxygen atoms in total. The van der Waals surface area contributed by atoms with Crippen LogP contribution in [0.2, 0.25) is 0 Å². The van der Waals surface area contributed by atoms with Crippen LogP contribution in [0.5, 0.6) is 0 Å². The molecule has 2 unspecified atom stereocenters. The molecule has 98 valence electrons. The first kappa shape index (κ1) is 13.2. The highest BCUT2D eigenvalue weighted by atomic mass is 32.2. The average Bonchev–Trinajstić information content (AvgIpc) is 2.39. The van der Waals surface area contributed by atoms with Gasteiger partial charge in [0.05, 0.1) is 0 Å². The zero-order valence-corrected chi connectivity index (χ0v) is 11.2. The summed E-state index contributed by atoms with van der Waals surface area (Å²) in [7, 11) is 0. The van der Waals surface area contributed by atoms with E-state index >= 15 is 0 Å². The van der Waals surface area contributed by atoms with Gasteiger partial charge in [-0.05, 0) is 37.7 Å². The van der Waals surface area contributed by atoms with Gasteiger partial charge in [0.25, 0.3) is 0 Å². The Morgan fingerprint density at radius 1 is 1.50 bits per heavy atom. The number of aromatic carboxylic acids is 1. The molecule has 1 fully saturated rings. The molecule has 1 saturated carbocycles. The van der Waals surface area contributed by atoms with Crippen molar-refractivity contribution in [1.82, 2.24) is 4.98 Å². The number of carboxylic acid groups (broad SMARTS) is 1. The molecular weight excluding hydrogens is 248 g/mol. The van der Waals surface area contributed by atoms with Gasteiger partial charge in [-0.25, -0.2) is 9.78 Å². The molecular formula is C13H18N2O2S. The van der Waals surface area contributed by atoms with Crippen molar-refractivity contribution < 1.29 is 9.90 Å². The Bertz CT molecular complexity index is 425. The van der Waals surface area contributed by atoms with E-state index in [0.717, 1.165) is 12.8 Å². The summed E-state index contributed by atoms with van der Waals surface area (Å²) in [6.45, 7) is 0. The van der Waals surface area contributed by atoms with Crippen LogP contribution in [0.1, 0.15) is 36.2 Å². The van der Waals surface area contributed by atoms with E-state index in [-0.39, 0.29) is 5.69 Å². The standard InChI is InChI=1S/C13H18N2O2S/c1-18-10-5-2-4-9(8-10)14-12-7-3-6-11(15-12)13(16)17/h3,6-7,9-10H,2,4-5,8H2,1H3,(H,14,15)(H,16,17). The van der Waals surface area contributed by atoms with Crippen molar-refractivity contribution in [2.45, 2.75) is 37.0 Å². The molecule has 0 aromatic carbocycles. The second-order valence-corrected chi connectivity index (χ2v) is 5.72. The monoisotopic (exact) mass is 266 g/mol. The number of pyridine rings is 1. The zero-order valence-electron chi connectivity index (χ0n) is 10.4. The minimum atomic E-state index is -0.982.